The zero-order valence-corrected chi connectivity index (χ0v) is 17.5. The number of aliphatic imine (C=N–C) groups is 1. The summed E-state index contributed by atoms with van der Waals surface area (Å²) in [4.78, 5) is 6.50. The molecular formula is C22H28F2N4O2. The van der Waals surface area contributed by atoms with Gasteiger partial charge in [-0.25, -0.2) is 8.78 Å². The molecule has 1 heterocycles. The molecule has 0 amide bonds. The minimum Gasteiger partial charge on any atom is -0.497 e. The Bertz CT molecular complexity index is 861. The van der Waals surface area contributed by atoms with E-state index in [1.165, 1.54) is 6.07 Å². The molecule has 1 saturated heterocycles. The summed E-state index contributed by atoms with van der Waals surface area (Å²) in [6.07, 6.45) is 1.82. The normalized spacial score (nSPS) is 15.1. The largest absolute Gasteiger partial charge is 0.497 e. The molecule has 30 heavy (non-hydrogen) atoms. The van der Waals surface area contributed by atoms with Crippen molar-refractivity contribution in [3.8, 4) is 11.5 Å². The van der Waals surface area contributed by atoms with E-state index in [4.69, 9.17) is 9.47 Å². The van der Waals surface area contributed by atoms with E-state index in [1.807, 2.05) is 18.2 Å². The maximum Gasteiger partial charge on any atom is 0.191 e. The Morgan fingerprint density at radius 1 is 1.07 bits per heavy atom. The van der Waals surface area contributed by atoms with E-state index in [1.54, 1.807) is 21.3 Å². The molecule has 0 radical (unpaired) electrons. The average Bonchev–Trinajstić information content (AvgIpc) is 2.78. The van der Waals surface area contributed by atoms with Crippen molar-refractivity contribution in [2.24, 2.45) is 4.99 Å². The number of rotatable bonds is 6. The highest BCUT2D eigenvalue weighted by Crippen LogP contribution is 2.30. The van der Waals surface area contributed by atoms with E-state index in [0.29, 0.717) is 5.96 Å². The molecule has 0 aliphatic carbocycles. The number of guanidine groups is 1. The molecule has 6 nitrogen and oxygen atoms in total. The predicted octanol–water partition coefficient (Wildman–Crippen LogP) is 3.32. The van der Waals surface area contributed by atoms with Crippen LogP contribution in [-0.4, -0.2) is 46.4 Å². The third kappa shape index (κ3) is 5.52. The second-order valence-corrected chi connectivity index (χ2v) is 7.14. The summed E-state index contributed by atoms with van der Waals surface area (Å²) in [6, 6.07) is 9.53. The van der Waals surface area contributed by atoms with E-state index in [2.05, 4.69) is 20.5 Å². The summed E-state index contributed by atoms with van der Waals surface area (Å²) in [5.41, 5.74) is 1.33. The number of nitrogens with zero attached hydrogens (tertiary/aromatic N) is 2. The zero-order valence-electron chi connectivity index (χ0n) is 17.5. The van der Waals surface area contributed by atoms with E-state index >= 15 is 0 Å². The second kappa shape index (κ2) is 10.1. The highest BCUT2D eigenvalue weighted by molar-refractivity contribution is 5.80. The van der Waals surface area contributed by atoms with Gasteiger partial charge in [-0.05, 0) is 31.0 Å². The number of methoxy groups -OCH3 is 2. The summed E-state index contributed by atoms with van der Waals surface area (Å²) >= 11 is 0. The molecule has 1 aliphatic rings. The van der Waals surface area contributed by atoms with Crippen LogP contribution in [-0.2, 0) is 6.54 Å². The van der Waals surface area contributed by atoms with Gasteiger partial charge in [0.05, 0.1) is 14.2 Å². The quantitative estimate of drug-likeness (QED) is 0.557. The van der Waals surface area contributed by atoms with Crippen molar-refractivity contribution < 1.29 is 18.3 Å². The number of nitrogens with one attached hydrogen (secondary N) is 2. The predicted molar refractivity (Wildman–Crippen MR) is 114 cm³/mol. The number of benzene rings is 2. The van der Waals surface area contributed by atoms with E-state index in [9.17, 15) is 8.78 Å². The van der Waals surface area contributed by atoms with Crippen LogP contribution in [0.4, 0.5) is 14.5 Å². The second-order valence-electron chi connectivity index (χ2n) is 7.14. The van der Waals surface area contributed by atoms with Crippen molar-refractivity contribution in [3.05, 3.63) is 53.6 Å². The molecule has 8 heteroatoms. The molecule has 0 unspecified atom stereocenters. The van der Waals surface area contributed by atoms with Crippen LogP contribution in [0, 0.1) is 11.6 Å². The lowest BCUT2D eigenvalue weighted by molar-refractivity contribution is 0.393. The van der Waals surface area contributed by atoms with Crippen molar-refractivity contribution in [1.29, 1.82) is 0 Å². The Hall–Kier alpha value is -3.03. The first kappa shape index (κ1) is 21.7. The molecule has 0 aromatic heterocycles. The van der Waals surface area contributed by atoms with E-state index < -0.39 is 11.6 Å². The van der Waals surface area contributed by atoms with Gasteiger partial charge in [-0.3, -0.25) is 4.99 Å². The van der Waals surface area contributed by atoms with Crippen LogP contribution in [0.3, 0.4) is 0 Å². The molecule has 0 atom stereocenters. The first-order chi connectivity index (χ1) is 14.5. The fraction of sp³-hybridized carbons (Fsp3) is 0.409. The number of halogens is 2. The Balaban J connectivity index is 1.54. The van der Waals surface area contributed by atoms with Gasteiger partial charge in [0.1, 0.15) is 23.1 Å². The number of hydrogen-bond acceptors (Lipinski definition) is 4. The molecule has 0 bridgehead atoms. The minimum absolute atomic E-state index is 0.158. The lowest BCUT2D eigenvalue weighted by Crippen LogP contribution is -2.48. The summed E-state index contributed by atoms with van der Waals surface area (Å²) in [7, 11) is 4.95. The lowest BCUT2D eigenvalue weighted by atomic mass is 10.0. The third-order valence-electron chi connectivity index (χ3n) is 5.21. The van der Waals surface area contributed by atoms with Gasteiger partial charge in [-0.15, -0.1) is 0 Å². The molecule has 2 aromatic carbocycles. The average molecular weight is 418 g/mol. The van der Waals surface area contributed by atoms with Gasteiger partial charge in [-0.2, -0.15) is 0 Å². The van der Waals surface area contributed by atoms with Crippen molar-refractivity contribution >= 4 is 11.6 Å². The van der Waals surface area contributed by atoms with Crippen LogP contribution >= 0.6 is 0 Å². The van der Waals surface area contributed by atoms with Crippen LogP contribution in [0.25, 0.3) is 0 Å². The summed E-state index contributed by atoms with van der Waals surface area (Å²) in [6.45, 7) is 1.89. The Morgan fingerprint density at radius 2 is 1.73 bits per heavy atom. The van der Waals surface area contributed by atoms with Crippen LogP contribution < -0.4 is 25.0 Å². The molecule has 3 rings (SSSR count). The maximum atomic E-state index is 13.8. The number of hydrogen-bond donors (Lipinski definition) is 2. The number of anilines is 1. The van der Waals surface area contributed by atoms with Crippen LogP contribution in [0.1, 0.15) is 18.4 Å². The van der Waals surface area contributed by atoms with Crippen LogP contribution in [0.5, 0.6) is 11.5 Å². The first-order valence-electron chi connectivity index (χ1n) is 9.91. The Kier molecular flexibility index (Phi) is 7.32. The highest BCUT2D eigenvalue weighted by Gasteiger charge is 2.21. The van der Waals surface area contributed by atoms with Gasteiger partial charge in [0.25, 0.3) is 0 Å². The molecule has 2 N–H and O–H groups in total. The summed E-state index contributed by atoms with van der Waals surface area (Å²) < 4.78 is 37.9. The van der Waals surface area contributed by atoms with Crippen molar-refractivity contribution in [1.82, 2.24) is 10.6 Å². The fourth-order valence-corrected chi connectivity index (χ4v) is 3.50. The zero-order chi connectivity index (χ0) is 21.5. The highest BCUT2D eigenvalue weighted by atomic mass is 19.1. The lowest BCUT2D eigenvalue weighted by Gasteiger charge is -2.34. The standard InChI is InChI=1S/C22H28F2N4O2/c1-25-22(26-14-15-10-16(23)4-5-21(15)24)27-17-6-8-28(9-7-17)18-11-19(29-2)13-20(12-18)30-3/h4-5,10-13,17H,6-9,14H2,1-3H3,(H2,25,26,27). The van der Waals surface area contributed by atoms with Crippen LogP contribution in [0.15, 0.2) is 41.4 Å². The molecule has 0 saturated carbocycles. The molecule has 162 valence electrons. The van der Waals surface area contributed by atoms with Crippen molar-refractivity contribution in [3.63, 3.8) is 0 Å². The fourth-order valence-electron chi connectivity index (χ4n) is 3.50. The summed E-state index contributed by atoms with van der Waals surface area (Å²) in [5.74, 6) is 1.19. The smallest absolute Gasteiger partial charge is 0.191 e. The topological polar surface area (TPSA) is 58.1 Å². The molecule has 1 aliphatic heterocycles. The van der Waals surface area contributed by atoms with Crippen LogP contribution in [0.2, 0.25) is 0 Å². The van der Waals surface area contributed by atoms with Crippen molar-refractivity contribution in [2.45, 2.75) is 25.4 Å². The Labute approximate surface area is 175 Å². The van der Waals surface area contributed by atoms with Gasteiger partial charge < -0.3 is 25.0 Å². The van der Waals surface area contributed by atoms with Gasteiger partial charge in [0.2, 0.25) is 0 Å². The summed E-state index contributed by atoms with van der Waals surface area (Å²) in [5, 5.41) is 6.43. The Morgan fingerprint density at radius 3 is 2.33 bits per heavy atom. The minimum atomic E-state index is -0.460. The molecular weight excluding hydrogens is 390 g/mol. The van der Waals surface area contributed by atoms with Crippen molar-refractivity contribution in [2.75, 3.05) is 39.3 Å². The SMILES string of the molecule is CN=C(NCc1cc(F)ccc1F)NC1CCN(c2cc(OC)cc(OC)c2)CC1. The molecule has 0 spiro atoms. The monoisotopic (exact) mass is 418 g/mol. The van der Waals surface area contributed by atoms with Gasteiger partial charge in [0, 0.05) is 62.2 Å². The third-order valence-corrected chi connectivity index (χ3v) is 5.21. The van der Waals surface area contributed by atoms with Gasteiger partial charge in [-0.1, -0.05) is 0 Å². The van der Waals surface area contributed by atoms with E-state index in [-0.39, 0.29) is 18.2 Å². The molecule has 1 fully saturated rings. The first-order valence-corrected chi connectivity index (χ1v) is 9.91. The van der Waals surface area contributed by atoms with E-state index in [0.717, 1.165) is 55.3 Å². The maximum absolute atomic E-state index is 13.8. The number of piperidine rings is 1. The number of ether oxygens (including phenoxy) is 2. The van der Waals surface area contributed by atoms with Gasteiger partial charge in [0.15, 0.2) is 5.96 Å². The molecule has 2 aromatic rings. The van der Waals surface area contributed by atoms with Gasteiger partial charge >= 0.3 is 0 Å².